The monoisotopic (exact) mass is 182 g/mol. The van der Waals surface area contributed by atoms with E-state index in [2.05, 4.69) is 0 Å². The van der Waals surface area contributed by atoms with Crippen molar-refractivity contribution in [1.82, 2.24) is 0 Å². The Morgan fingerprint density at radius 3 is 2.33 bits per heavy atom. The van der Waals surface area contributed by atoms with Gasteiger partial charge in [0, 0.05) is 0 Å². The molecule has 0 spiro atoms. The molecule has 0 aromatic rings. The molecule has 1 rings (SSSR count). The second-order valence-corrected chi connectivity index (χ2v) is 2.61. The zero-order valence-electron chi connectivity index (χ0n) is 6.42. The van der Waals surface area contributed by atoms with Crippen LogP contribution in [0.3, 0.4) is 0 Å². The molecule has 12 heavy (non-hydrogen) atoms. The van der Waals surface area contributed by atoms with Crippen molar-refractivity contribution >= 4 is 0 Å². The van der Waals surface area contributed by atoms with E-state index in [1.165, 1.54) is 0 Å². The quantitative estimate of drug-likeness (QED) is 0.355. The van der Waals surface area contributed by atoms with Crippen molar-refractivity contribution in [2.75, 3.05) is 13.2 Å². The summed E-state index contributed by atoms with van der Waals surface area (Å²) >= 11 is 0. The normalized spacial score (nSPS) is 37.5. The van der Waals surface area contributed by atoms with E-state index in [1.807, 2.05) is 0 Å². The molecule has 6 heteroatoms. The van der Waals surface area contributed by atoms with E-state index in [9.17, 15) is 0 Å². The van der Waals surface area contributed by atoms with Gasteiger partial charge in [-0.25, -0.2) is 0 Å². The van der Waals surface area contributed by atoms with E-state index in [4.69, 9.17) is 25.2 Å². The van der Waals surface area contributed by atoms with Crippen molar-refractivity contribution < 1.29 is 30.6 Å². The largest absolute Gasteiger partial charge is 0.412 e. The minimum Gasteiger partial charge on any atom is -0.412 e. The molecule has 0 aromatic heterocycles. The molecule has 0 amide bonds. The fourth-order valence-electron chi connectivity index (χ4n) is 1.07. The van der Waals surface area contributed by atoms with E-state index in [1.54, 1.807) is 0 Å². The third-order valence-corrected chi connectivity index (χ3v) is 1.76. The van der Waals surface area contributed by atoms with Crippen LogP contribution < -0.4 is 0 Å². The van der Waals surface area contributed by atoms with Crippen LogP contribution in [0.25, 0.3) is 0 Å². The van der Waals surface area contributed by atoms with Crippen LogP contribution in [0, 0.1) is 0 Å². The molecule has 0 aliphatic carbocycles. The van der Waals surface area contributed by atoms with Gasteiger partial charge in [-0.2, -0.15) is 0 Å². The smallest absolute Gasteiger partial charge is 0.114 e. The van der Waals surface area contributed by atoms with E-state index in [-0.39, 0.29) is 12.1 Å². The predicted octanol–water partition coefficient (Wildman–Crippen LogP) is -3.36. The second-order valence-electron chi connectivity index (χ2n) is 2.61. The highest BCUT2D eigenvalue weighted by molar-refractivity contribution is 4.87. The molecule has 1 aliphatic heterocycles. The van der Waals surface area contributed by atoms with Gasteiger partial charge in [0.15, 0.2) is 0 Å². The van der Waals surface area contributed by atoms with Crippen molar-refractivity contribution in [3.63, 3.8) is 0 Å². The van der Waals surface area contributed by atoms with E-state index in [0.717, 1.165) is 0 Å². The van der Waals surface area contributed by atoms with Crippen LogP contribution in [0.2, 0.25) is 0 Å². The molecule has 0 saturated carbocycles. The van der Waals surface area contributed by atoms with Crippen LogP contribution in [0.1, 0.15) is 0 Å². The zero-order valence-corrected chi connectivity index (χ0v) is 6.42. The lowest BCUT2D eigenvalue weighted by Crippen LogP contribution is -2.40. The summed E-state index contributed by atoms with van der Waals surface area (Å²) < 4.78 is 4.82. The Labute approximate surface area is 69.3 Å². The highest BCUT2D eigenvalue weighted by atomic mass is 16.5. The molecule has 0 aromatic carbocycles. The third-order valence-electron chi connectivity index (χ3n) is 1.76. The van der Waals surface area contributed by atoms with Gasteiger partial charge in [0.1, 0.15) is 24.4 Å². The Kier molecular flexibility index (Phi) is 4.61. The van der Waals surface area contributed by atoms with Gasteiger partial charge in [-0.1, -0.05) is 0 Å². The lowest BCUT2D eigenvalue weighted by molar-refractivity contribution is -0.0684. The molecule has 6 N–H and O–H groups in total. The maximum atomic E-state index is 9.11. The Balaban J connectivity index is 0.00000121. The Morgan fingerprint density at radius 2 is 2.00 bits per heavy atom. The van der Waals surface area contributed by atoms with Crippen molar-refractivity contribution in [1.29, 1.82) is 0 Å². The Hall–Kier alpha value is -0.240. The van der Waals surface area contributed by atoms with E-state index >= 15 is 0 Å². The summed E-state index contributed by atoms with van der Waals surface area (Å²) in [6.45, 7) is -0.475. The van der Waals surface area contributed by atoms with Crippen molar-refractivity contribution in [2.45, 2.75) is 24.4 Å². The molecule has 6 nitrogen and oxygen atoms in total. The fraction of sp³-hybridized carbons (Fsp3) is 1.00. The van der Waals surface area contributed by atoms with Crippen LogP contribution in [-0.2, 0) is 4.74 Å². The maximum Gasteiger partial charge on any atom is 0.114 e. The van der Waals surface area contributed by atoms with Gasteiger partial charge in [0.25, 0.3) is 0 Å². The van der Waals surface area contributed by atoms with Gasteiger partial charge in [-0.3, -0.25) is 0 Å². The van der Waals surface area contributed by atoms with Gasteiger partial charge in [0.05, 0.1) is 13.2 Å². The predicted molar refractivity (Wildman–Crippen MR) is 38.5 cm³/mol. The molecule has 4 atom stereocenters. The van der Waals surface area contributed by atoms with Gasteiger partial charge in [-0.15, -0.1) is 0 Å². The van der Waals surface area contributed by atoms with Gasteiger partial charge >= 0.3 is 0 Å². The highest BCUT2D eigenvalue weighted by Crippen LogP contribution is 2.16. The summed E-state index contributed by atoms with van der Waals surface area (Å²) in [5.41, 5.74) is 0. The molecule has 1 aliphatic rings. The van der Waals surface area contributed by atoms with Crippen molar-refractivity contribution in [2.24, 2.45) is 0 Å². The number of ether oxygens (including phenoxy) is 1. The topological polar surface area (TPSA) is 122 Å². The average Bonchev–Trinajstić information content (AvgIpc) is 2.32. The zero-order chi connectivity index (χ0) is 8.43. The second kappa shape index (κ2) is 4.70. The summed E-state index contributed by atoms with van der Waals surface area (Å²) in [4.78, 5) is 0. The first kappa shape index (κ1) is 11.8. The first-order valence-corrected chi connectivity index (χ1v) is 3.43. The van der Waals surface area contributed by atoms with Crippen LogP contribution in [0.4, 0.5) is 0 Å². The minimum absolute atomic E-state index is 0. The summed E-state index contributed by atoms with van der Waals surface area (Å²) in [5.74, 6) is 0. The molecule has 0 unspecified atom stereocenters. The van der Waals surface area contributed by atoms with E-state index < -0.39 is 31.0 Å². The van der Waals surface area contributed by atoms with Crippen molar-refractivity contribution in [3.8, 4) is 0 Å². The number of aliphatic hydroxyl groups is 4. The lowest BCUT2D eigenvalue weighted by Gasteiger charge is -2.18. The molecule has 1 saturated heterocycles. The standard InChI is InChI=1S/C6H12O5.H2O/c7-1-3(8)6-5(10)4(9)2-11-6;/h3-10H,1-2H2;1H2/t3-,4+,5-,6-;/m1./s1. The molecular formula is C6H14O6. The molecule has 1 fully saturated rings. The average molecular weight is 182 g/mol. The molecule has 0 bridgehead atoms. The SMILES string of the molecule is O.OC[C@@H](O)[C@H]1OC[C@H](O)[C@H]1O. The molecular weight excluding hydrogens is 168 g/mol. The molecule has 1 heterocycles. The van der Waals surface area contributed by atoms with Crippen LogP contribution >= 0.6 is 0 Å². The first-order chi connectivity index (χ1) is 5.16. The van der Waals surface area contributed by atoms with Gasteiger partial charge in [-0.05, 0) is 0 Å². The summed E-state index contributed by atoms with van der Waals surface area (Å²) in [7, 11) is 0. The van der Waals surface area contributed by atoms with Gasteiger partial charge < -0.3 is 30.6 Å². The van der Waals surface area contributed by atoms with Crippen LogP contribution in [-0.4, -0.2) is 63.5 Å². The first-order valence-electron chi connectivity index (χ1n) is 3.43. The molecule has 0 radical (unpaired) electrons. The highest BCUT2D eigenvalue weighted by Gasteiger charge is 2.38. The Bertz CT molecular complexity index is 129. The fourth-order valence-corrected chi connectivity index (χ4v) is 1.07. The number of hydrogen-bond acceptors (Lipinski definition) is 5. The minimum atomic E-state index is -1.12. The number of aliphatic hydroxyl groups excluding tert-OH is 4. The summed E-state index contributed by atoms with van der Waals surface area (Å²) in [6.07, 6.45) is -4.05. The lowest BCUT2D eigenvalue weighted by atomic mass is 10.1. The summed E-state index contributed by atoms with van der Waals surface area (Å²) in [5, 5.41) is 35.5. The maximum absolute atomic E-state index is 9.11. The third kappa shape index (κ3) is 2.13. The number of hydrogen-bond donors (Lipinski definition) is 4. The van der Waals surface area contributed by atoms with Crippen LogP contribution in [0.5, 0.6) is 0 Å². The molecule has 74 valence electrons. The van der Waals surface area contributed by atoms with Gasteiger partial charge in [0.2, 0.25) is 0 Å². The summed E-state index contributed by atoms with van der Waals surface area (Å²) in [6, 6.07) is 0. The Morgan fingerprint density at radius 1 is 1.42 bits per heavy atom. The van der Waals surface area contributed by atoms with E-state index in [0.29, 0.717) is 0 Å². The number of rotatable bonds is 2. The van der Waals surface area contributed by atoms with Crippen LogP contribution in [0.15, 0.2) is 0 Å². The van der Waals surface area contributed by atoms with Crippen molar-refractivity contribution in [3.05, 3.63) is 0 Å².